The van der Waals surface area contributed by atoms with E-state index in [1.165, 1.54) is 0 Å². The second-order valence-corrected chi connectivity index (χ2v) is 11.2. The molecule has 0 fully saturated rings. The molecule has 0 saturated carbocycles. The Hall–Kier alpha value is 0.114. The maximum atomic E-state index is 5.70. The van der Waals surface area contributed by atoms with Gasteiger partial charge in [-0.15, -0.1) is 0 Å². The largest absolute Gasteiger partial charge is 0.679 e. The van der Waals surface area contributed by atoms with E-state index in [0.29, 0.717) is 46.2 Å². The lowest BCUT2D eigenvalue weighted by Crippen LogP contribution is -2.49. The molecule has 0 atom stereocenters. The fourth-order valence-electron chi connectivity index (χ4n) is 2.09. The van der Waals surface area contributed by atoms with Gasteiger partial charge in [0.2, 0.25) is 0 Å². The van der Waals surface area contributed by atoms with Crippen LogP contribution in [0.15, 0.2) is 0 Å². The van der Waals surface area contributed by atoms with Gasteiger partial charge in [-0.3, -0.25) is 0 Å². The van der Waals surface area contributed by atoms with Gasteiger partial charge in [0.1, 0.15) is 0 Å². The first-order chi connectivity index (χ1) is 15.0. The van der Waals surface area contributed by atoms with E-state index >= 15 is 0 Å². The predicted octanol–water partition coefficient (Wildman–Crippen LogP) is 5.09. The lowest BCUT2D eigenvalue weighted by Gasteiger charge is -2.27. The Morgan fingerprint density at radius 3 is 0.839 bits per heavy atom. The van der Waals surface area contributed by atoms with Gasteiger partial charge in [0.15, 0.2) is 0 Å². The van der Waals surface area contributed by atoms with Crippen LogP contribution in [0.1, 0.15) is 87.0 Å². The molecule has 0 spiro atoms. The van der Waals surface area contributed by atoms with Gasteiger partial charge < -0.3 is 35.4 Å². The average Bonchev–Trinajstić information content (AvgIpc) is 2.80. The van der Waals surface area contributed by atoms with E-state index in [2.05, 4.69) is 41.5 Å². The van der Waals surface area contributed by atoms with Crippen LogP contribution in [0.5, 0.6) is 0 Å². The molecule has 0 heterocycles. The second kappa shape index (κ2) is 23.3. The summed E-state index contributed by atoms with van der Waals surface area (Å²) < 4.78 is 44.8. The molecule has 0 aromatic carbocycles. The Morgan fingerprint density at radius 2 is 0.645 bits per heavy atom. The molecule has 8 nitrogen and oxygen atoms in total. The maximum absolute atomic E-state index is 5.70. The highest BCUT2D eigenvalue weighted by Gasteiger charge is 2.45. The molecule has 0 aliphatic carbocycles. The van der Waals surface area contributed by atoms with Crippen molar-refractivity contribution in [1.82, 2.24) is 0 Å². The Balaban J connectivity index is 0. The molecule has 0 amide bonds. The highest BCUT2D eigenvalue weighted by atomic mass is 28.4. The third-order valence-corrected chi connectivity index (χ3v) is 7.96. The SMILES string of the molecule is CCCO[Si](OC)(OCCC)OCCC.CCCO[Si](OCC)(OCCC)OCCC. The molecule has 0 rings (SSSR count). The summed E-state index contributed by atoms with van der Waals surface area (Å²) in [4.78, 5) is 0. The van der Waals surface area contributed by atoms with E-state index in [-0.39, 0.29) is 0 Å². The van der Waals surface area contributed by atoms with Crippen LogP contribution in [0.25, 0.3) is 0 Å². The molecule has 0 aliphatic heterocycles. The first-order valence-corrected chi connectivity index (χ1v) is 15.3. The van der Waals surface area contributed by atoms with E-state index in [1.54, 1.807) is 7.11 Å². The summed E-state index contributed by atoms with van der Waals surface area (Å²) in [6.45, 7) is 18.6. The smallest absolute Gasteiger partial charge is 0.355 e. The molecule has 10 heteroatoms. The topological polar surface area (TPSA) is 73.8 Å². The van der Waals surface area contributed by atoms with Crippen molar-refractivity contribution in [2.24, 2.45) is 0 Å². The van der Waals surface area contributed by atoms with Gasteiger partial charge in [-0.2, -0.15) is 0 Å². The number of rotatable bonds is 21. The zero-order chi connectivity index (χ0) is 23.8. The summed E-state index contributed by atoms with van der Waals surface area (Å²) in [7, 11) is -4.10. The molecule has 0 saturated heterocycles. The highest BCUT2D eigenvalue weighted by molar-refractivity contribution is 6.53. The quantitative estimate of drug-likeness (QED) is 0.208. The van der Waals surface area contributed by atoms with Crippen LogP contribution in [0, 0.1) is 0 Å². The Bertz CT molecular complexity index is 321. The number of hydrogen-bond acceptors (Lipinski definition) is 8. The monoisotopic (exact) mass is 486 g/mol. The molecule has 0 aliphatic rings. The third kappa shape index (κ3) is 17.3. The lowest BCUT2D eigenvalue weighted by molar-refractivity contribution is -0.0323. The molecule has 190 valence electrons. The molecule has 0 bridgehead atoms. The Morgan fingerprint density at radius 1 is 0.387 bits per heavy atom. The van der Waals surface area contributed by atoms with Gasteiger partial charge in [0.25, 0.3) is 0 Å². The molecule has 0 unspecified atom stereocenters. The first kappa shape index (κ1) is 33.3. The normalized spacial score (nSPS) is 12.0. The standard InChI is InChI=1S/C11H26O4Si.C10H24O4Si/c1-5-9-13-16(12-8-4,14-10-6-2)15-11-7-3;1-5-8-12-15(11-4,13-9-6-2)14-10-7-3/h5-11H2,1-4H3;5-10H2,1-4H3. The zero-order valence-electron chi connectivity index (χ0n) is 21.5. The molecule has 0 radical (unpaired) electrons. The zero-order valence-corrected chi connectivity index (χ0v) is 23.5. The summed E-state index contributed by atoms with van der Waals surface area (Å²) in [5.74, 6) is 0. The van der Waals surface area contributed by atoms with E-state index in [1.807, 2.05) is 6.92 Å². The molecular formula is C21H50O8Si2. The van der Waals surface area contributed by atoms with Crippen LogP contribution >= 0.6 is 0 Å². The van der Waals surface area contributed by atoms with Gasteiger partial charge >= 0.3 is 18.1 Å². The highest BCUT2D eigenvalue weighted by Crippen LogP contribution is 2.14. The van der Waals surface area contributed by atoms with Crippen molar-refractivity contribution in [3.05, 3.63) is 0 Å². The van der Waals surface area contributed by atoms with Gasteiger partial charge in [-0.1, -0.05) is 41.5 Å². The maximum Gasteiger partial charge on any atom is 0.679 e. The van der Waals surface area contributed by atoms with E-state index < -0.39 is 18.1 Å². The van der Waals surface area contributed by atoms with E-state index in [4.69, 9.17) is 35.4 Å². The third-order valence-electron chi connectivity index (χ3n) is 3.47. The summed E-state index contributed by atoms with van der Waals surface area (Å²) in [5, 5.41) is 0. The van der Waals surface area contributed by atoms with Gasteiger partial charge in [0.05, 0.1) is 0 Å². The minimum absolute atomic E-state index is 0.559. The van der Waals surface area contributed by atoms with Crippen molar-refractivity contribution < 1.29 is 35.4 Å². The minimum atomic E-state index is -2.86. The van der Waals surface area contributed by atoms with Crippen molar-refractivity contribution in [1.29, 1.82) is 0 Å². The average molecular weight is 487 g/mol. The fourth-order valence-corrected chi connectivity index (χ4v) is 6.27. The molecular weight excluding hydrogens is 436 g/mol. The van der Waals surface area contributed by atoms with Crippen molar-refractivity contribution in [3.8, 4) is 0 Å². The molecule has 0 aromatic heterocycles. The first-order valence-electron chi connectivity index (χ1n) is 12.0. The predicted molar refractivity (Wildman–Crippen MR) is 128 cm³/mol. The van der Waals surface area contributed by atoms with E-state index in [0.717, 1.165) is 38.5 Å². The van der Waals surface area contributed by atoms with Crippen LogP contribution in [0.4, 0.5) is 0 Å². The summed E-state index contributed by atoms with van der Waals surface area (Å²) in [6, 6.07) is 0. The fraction of sp³-hybridized carbons (Fsp3) is 1.00. The van der Waals surface area contributed by atoms with Crippen LogP contribution in [-0.2, 0) is 35.4 Å². The summed E-state index contributed by atoms with van der Waals surface area (Å²) >= 11 is 0. The van der Waals surface area contributed by atoms with Crippen molar-refractivity contribution in [2.75, 3.05) is 53.4 Å². The second-order valence-electron chi connectivity index (χ2n) is 6.73. The lowest BCUT2D eigenvalue weighted by atomic mass is 10.5. The van der Waals surface area contributed by atoms with Crippen LogP contribution in [-0.4, -0.2) is 71.5 Å². The number of hydrogen-bond donors (Lipinski definition) is 0. The van der Waals surface area contributed by atoms with Gasteiger partial charge in [0, 0.05) is 53.4 Å². The molecule has 31 heavy (non-hydrogen) atoms. The van der Waals surface area contributed by atoms with E-state index in [9.17, 15) is 0 Å². The molecule has 0 aromatic rings. The van der Waals surface area contributed by atoms with Crippen molar-refractivity contribution in [2.45, 2.75) is 87.0 Å². The van der Waals surface area contributed by atoms with Crippen molar-refractivity contribution >= 4 is 18.1 Å². The summed E-state index contributed by atoms with van der Waals surface area (Å²) in [6.07, 6.45) is 5.61. The van der Waals surface area contributed by atoms with Crippen LogP contribution < -0.4 is 0 Å². The van der Waals surface area contributed by atoms with Crippen LogP contribution in [0.3, 0.4) is 0 Å². The minimum Gasteiger partial charge on any atom is -0.355 e. The summed E-state index contributed by atoms with van der Waals surface area (Å²) in [5.41, 5.74) is 0. The molecule has 0 N–H and O–H groups in total. The van der Waals surface area contributed by atoms with Gasteiger partial charge in [-0.05, 0) is 45.4 Å². The Labute approximate surface area is 194 Å². The Kier molecular flexibility index (Phi) is 25.0. The van der Waals surface area contributed by atoms with Crippen molar-refractivity contribution in [3.63, 3.8) is 0 Å². The van der Waals surface area contributed by atoms with Crippen LogP contribution in [0.2, 0.25) is 0 Å². The van der Waals surface area contributed by atoms with Gasteiger partial charge in [-0.25, -0.2) is 0 Å².